The van der Waals surface area contributed by atoms with Crippen molar-refractivity contribution < 1.29 is 9.53 Å². The van der Waals surface area contributed by atoms with E-state index in [-0.39, 0.29) is 28.1 Å². The number of hydrogen-bond donors (Lipinski definition) is 2. The number of amides is 1. The molecule has 0 fully saturated rings. The number of thioether (sulfide) groups is 1. The topological polar surface area (TPSA) is 108 Å². The Morgan fingerprint density at radius 1 is 1.28 bits per heavy atom. The van der Waals surface area contributed by atoms with E-state index in [1.165, 1.54) is 7.11 Å². The molecular weight excluding hydrogens is 412 g/mol. The van der Waals surface area contributed by atoms with Gasteiger partial charge in [0.1, 0.15) is 17.4 Å². The smallest absolute Gasteiger partial charge is 0.270 e. The molecule has 0 saturated heterocycles. The summed E-state index contributed by atoms with van der Waals surface area (Å²) >= 11 is 6.95. The first-order valence-corrected chi connectivity index (χ1v) is 9.74. The van der Waals surface area contributed by atoms with Gasteiger partial charge in [-0.2, -0.15) is 5.26 Å². The monoisotopic (exact) mass is 426 g/mol. The first-order chi connectivity index (χ1) is 14.0. The van der Waals surface area contributed by atoms with Crippen LogP contribution in [0.1, 0.15) is 5.56 Å². The highest BCUT2D eigenvalue weighted by atomic mass is 35.5. The molecule has 1 aromatic heterocycles. The summed E-state index contributed by atoms with van der Waals surface area (Å²) in [5, 5.41) is 12.8. The van der Waals surface area contributed by atoms with Crippen LogP contribution < -0.4 is 15.6 Å². The predicted molar refractivity (Wildman–Crippen MR) is 112 cm³/mol. The molecule has 0 bridgehead atoms. The minimum atomic E-state index is -0.569. The largest absolute Gasteiger partial charge is 0.495 e. The van der Waals surface area contributed by atoms with Crippen LogP contribution >= 0.6 is 23.4 Å². The number of hydrogen-bond acceptors (Lipinski definition) is 6. The van der Waals surface area contributed by atoms with Crippen LogP contribution in [0.25, 0.3) is 11.3 Å². The molecule has 7 nitrogen and oxygen atoms in total. The molecule has 0 aliphatic carbocycles. The number of nitrogens with zero attached hydrogens (tertiary/aromatic N) is 2. The van der Waals surface area contributed by atoms with Crippen LogP contribution in [-0.4, -0.2) is 28.7 Å². The molecule has 3 rings (SSSR count). The molecule has 0 aliphatic rings. The van der Waals surface area contributed by atoms with Gasteiger partial charge in [0, 0.05) is 10.6 Å². The molecule has 0 atom stereocenters. The number of carbonyl (C=O) groups is 1. The number of carbonyl (C=O) groups excluding carboxylic acids is 1. The van der Waals surface area contributed by atoms with Crippen molar-refractivity contribution in [2.24, 2.45) is 0 Å². The van der Waals surface area contributed by atoms with Gasteiger partial charge in [0.2, 0.25) is 5.91 Å². The molecule has 2 aromatic carbocycles. The van der Waals surface area contributed by atoms with Gasteiger partial charge >= 0.3 is 0 Å². The van der Waals surface area contributed by atoms with E-state index in [9.17, 15) is 14.9 Å². The second-order valence-corrected chi connectivity index (χ2v) is 7.15. The van der Waals surface area contributed by atoms with E-state index in [2.05, 4.69) is 15.3 Å². The Hall–Kier alpha value is -3.28. The Balaban J connectivity index is 1.79. The van der Waals surface area contributed by atoms with E-state index in [1.807, 2.05) is 6.07 Å². The molecular formula is C20H15ClN4O3S. The quantitative estimate of drug-likeness (QED) is 0.459. The number of nitriles is 1. The van der Waals surface area contributed by atoms with Gasteiger partial charge in [0.15, 0.2) is 5.16 Å². The number of rotatable bonds is 6. The molecule has 3 aromatic rings. The number of aromatic amines is 1. The number of methoxy groups -OCH3 is 1. The zero-order valence-corrected chi connectivity index (χ0v) is 16.8. The number of aromatic nitrogens is 2. The van der Waals surface area contributed by atoms with E-state index in [4.69, 9.17) is 16.3 Å². The van der Waals surface area contributed by atoms with E-state index in [0.717, 1.165) is 11.8 Å². The third-order valence-electron chi connectivity index (χ3n) is 3.85. The summed E-state index contributed by atoms with van der Waals surface area (Å²) in [5.41, 5.74) is 0.692. The average Bonchev–Trinajstić information content (AvgIpc) is 2.73. The molecule has 0 unspecified atom stereocenters. The van der Waals surface area contributed by atoms with Crippen LogP contribution in [0.5, 0.6) is 5.75 Å². The lowest BCUT2D eigenvalue weighted by Gasteiger charge is -2.10. The Kier molecular flexibility index (Phi) is 6.54. The lowest BCUT2D eigenvalue weighted by atomic mass is 10.1. The van der Waals surface area contributed by atoms with Gasteiger partial charge in [-0.05, 0) is 24.3 Å². The van der Waals surface area contributed by atoms with Crippen molar-refractivity contribution in [3.63, 3.8) is 0 Å². The van der Waals surface area contributed by atoms with Crippen molar-refractivity contribution in [3.05, 3.63) is 69.5 Å². The summed E-state index contributed by atoms with van der Waals surface area (Å²) in [6, 6.07) is 15.6. The molecule has 0 radical (unpaired) electrons. The molecule has 146 valence electrons. The highest BCUT2D eigenvalue weighted by Gasteiger charge is 2.15. The third-order valence-corrected chi connectivity index (χ3v) is 4.97. The minimum Gasteiger partial charge on any atom is -0.495 e. The van der Waals surface area contributed by atoms with Crippen molar-refractivity contribution in [2.75, 3.05) is 18.2 Å². The summed E-state index contributed by atoms with van der Waals surface area (Å²) < 4.78 is 5.20. The minimum absolute atomic E-state index is 0.00689. The van der Waals surface area contributed by atoms with Crippen LogP contribution in [0.3, 0.4) is 0 Å². The van der Waals surface area contributed by atoms with Crippen LogP contribution in [0.4, 0.5) is 5.69 Å². The van der Waals surface area contributed by atoms with Gasteiger partial charge in [0.05, 0.1) is 24.2 Å². The lowest BCUT2D eigenvalue weighted by molar-refractivity contribution is -0.113. The highest BCUT2D eigenvalue weighted by Crippen LogP contribution is 2.25. The number of H-pyrrole nitrogens is 1. The fourth-order valence-corrected chi connectivity index (χ4v) is 3.30. The predicted octanol–water partition coefficient (Wildman–Crippen LogP) is 3.70. The summed E-state index contributed by atoms with van der Waals surface area (Å²) in [5.74, 6) is 0.257. The zero-order chi connectivity index (χ0) is 20.8. The summed E-state index contributed by atoms with van der Waals surface area (Å²) in [6.45, 7) is 0. The molecule has 0 aliphatic heterocycles. The van der Waals surface area contributed by atoms with Crippen LogP contribution in [0.15, 0.2) is 58.5 Å². The number of benzene rings is 2. The number of nitrogens with one attached hydrogen (secondary N) is 2. The summed E-state index contributed by atoms with van der Waals surface area (Å²) in [4.78, 5) is 31.4. The van der Waals surface area contributed by atoms with Gasteiger partial charge in [-0.15, -0.1) is 0 Å². The molecule has 1 amide bonds. The number of halogens is 1. The van der Waals surface area contributed by atoms with Crippen molar-refractivity contribution in [1.29, 1.82) is 5.26 Å². The van der Waals surface area contributed by atoms with Gasteiger partial charge in [0.25, 0.3) is 5.56 Å². The van der Waals surface area contributed by atoms with E-state index < -0.39 is 5.56 Å². The van der Waals surface area contributed by atoms with E-state index in [0.29, 0.717) is 22.0 Å². The molecule has 29 heavy (non-hydrogen) atoms. The van der Waals surface area contributed by atoms with Crippen LogP contribution in [0, 0.1) is 11.3 Å². The molecule has 0 saturated carbocycles. The molecule has 0 spiro atoms. The Morgan fingerprint density at radius 2 is 2.00 bits per heavy atom. The maximum absolute atomic E-state index is 12.3. The Labute approximate surface area is 175 Å². The first kappa shape index (κ1) is 20.5. The second-order valence-electron chi connectivity index (χ2n) is 5.75. The molecule has 2 N–H and O–H groups in total. The molecule has 9 heteroatoms. The normalized spacial score (nSPS) is 10.2. The van der Waals surface area contributed by atoms with Crippen molar-refractivity contribution in [2.45, 2.75) is 5.16 Å². The fourth-order valence-electron chi connectivity index (χ4n) is 2.51. The van der Waals surface area contributed by atoms with E-state index >= 15 is 0 Å². The SMILES string of the molecule is COc1ccccc1NC(=O)CSc1nc(-c2ccc(Cl)cc2)c(C#N)c(=O)[nH]1. The van der Waals surface area contributed by atoms with Gasteiger partial charge in [-0.1, -0.05) is 47.6 Å². The van der Waals surface area contributed by atoms with Gasteiger partial charge in [-0.3, -0.25) is 9.59 Å². The summed E-state index contributed by atoms with van der Waals surface area (Å²) in [6.07, 6.45) is 0. The fraction of sp³-hybridized carbons (Fsp3) is 0.100. The molecule has 1 heterocycles. The van der Waals surface area contributed by atoms with Gasteiger partial charge in [-0.25, -0.2) is 4.98 Å². The standard InChI is InChI=1S/C20H15ClN4O3S/c1-28-16-5-3-2-4-15(16)23-17(26)11-29-20-24-18(14(10-22)19(27)25-20)12-6-8-13(21)9-7-12/h2-9H,11H2,1H3,(H,23,26)(H,24,25,27). The maximum atomic E-state index is 12.3. The maximum Gasteiger partial charge on any atom is 0.270 e. The van der Waals surface area contributed by atoms with Gasteiger partial charge < -0.3 is 15.0 Å². The third kappa shape index (κ3) is 4.96. The van der Waals surface area contributed by atoms with Crippen molar-refractivity contribution in [3.8, 4) is 23.1 Å². The highest BCUT2D eigenvalue weighted by molar-refractivity contribution is 7.99. The van der Waals surface area contributed by atoms with E-state index in [1.54, 1.807) is 48.5 Å². The number of anilines is 1. The Bertz CT molecular complexity index is 1140. The van der Waals surface area contributed by atoms with Crippen LogP contribution in [0.2, 0.25) is 5.02 Å². The first-order valence-electron chi connectivity index (χ1n) is 8.38. The summed E-state index contributed by atoms with van der Waals surface area (Å²) in [7, 11) is 1.52. The Morgan fingerprint density at radius 3 is 2.69 bits per heavy atom. The van der Waals surface area contributed by atoms with Crippen molar-refractivity contribution in [1.82, 2.24) is 9.97 Å². The lowest BCUT2D eigenvalue weighted by Crippen LogP contribution is -2.17. The van der Waals surface area contributed by atoms with Crippen molar-refractivity contribution >= 4 is 35.0 Å². The number of ether oxygens (including phenoxy) is 1. The zero-order valence-electron chi connectivity index (χ0n) is 15.2. The average molecular weight is 427 g/mol. The van der Waals surface area contributed by atoms with Crippen LogP contribution in [-0.2, 0) is 4.79 Å². The second kappa shape index (κ2) is 9.28. The number of para-hydroxylation sites is 2.